The molecule has 0 saturated carbocycles. The fourth-order valence-corrected chi connectivity index (χ4v) is 4.09. The predicted octanol–water partition coefficient (Wildman–Crippen LogP) is 4.66. The third kappa shape index (κ3) is 3.55. The summed E-state index contributed by atoms with van der Waals surface area (Å²) in [6.45, 7) is 1.43. The summed E-state index contributed by atoms with van der Waals surface area (Å²) in [7, 11) is 0. The first-order valence-corrected chi connectivity index (χ1v) is 9.63. The van der Waals surface area contributed by atoms with Crippen LogP contribution in [-0.4, -0.2) is 23.2 Å². The molecule has 24 heavy (non-hydrogen) atoms. The number of thiazole rings is 1. The van der Waals surface area contributed by atoms with Gasteiger partial charge >= 0.3 is 0 Å². The van der Waals surface area contributed by atoms with Crippen LogP contribution < -0.4 is 9.47 Å². The van der Waals surface area contributed by atoms with E-state index in [1.165, 1.54) is 0 Å². The monoisotopic (exact) mass is 356 g/mol. The summed E-state index contributed by atoms with van der Waals surface area (Å²) in [4.78, 5) is 10.2. The van der Waals surface area contributed by atoms with E-state index >= 15 is 0 Å². The third-order valence-corrected chi connectivity index (χ3v) is 5.48. The van der Waals surface area contributed by atoms with E-state index < -0.39 is 0 Å². The summed E-state index contributed by atoms with van der Waals surface area (Å²) in [5.41, 5.74) is 1.99. The van der Waals surface area contributed by atoms with E-state index in [1.807, 2.05) is 24.3 Å². The highest BCUT2D eigenvalue weighted by Gasteiger charge is 2.11. The first-order valence-electron chi connectivity index (χ1n) is 7.77. The van der Waals surface area contributed by atoms with Gasteiger partial charge in [0.05, 0.1) is 24.6 Å². The van der Waals surface area contributed by atoms with Crippen molar-refractivity contribution in [2.24, 2.45) is 0 Å². The fraction of sp³-hybridized carbons (Fsp3) is 0.222. The smallest absolute Gasteiger partial charge is 0.162 e. The van der Waals surface area contributed by atoms with Crippen molar-refractivity contribution in [1.82, 2.24) is 9.97 Å². The molecule has 0 bridgehead atoms. The van der Waals surface area contributed by atoms with Crippen LogP contribution in [0.3, 0.4) is 0 Å². The molecule has 2 aromatic heterocycles. The van der Waals surface area contributed by atoms with Gasteiger partial charge in [-0.3, -0.25) is 4.98 Å². The molecule has 0 spiro atoms. The molecule has 0 saturated heterocycles. The zero-order chi connectivity index (χ0) is 16.2. The Labute approximate surface area is 148 Å². The van der Waals surface area contributed by atoms with Crippen LogP contribution in [0.2, 0.25) is 0 Å². The Balaban J connectivity index is 1.44. The van der Waals surface area contributed by atoms with Crippen molar-refractivity contribution >= 4 is 23.1 Å². The highest BCUT2D eigenvalue weighted by Crippen LogP contribution is 2.35. The average Bonchev–Trinajstić information content (AvgIpc) is 2.98. The maximum absolute atomic E-state index is 5.74. The Morgan fingerprint density at radius 2 is 2.00 bits per heavy atom. The molecule has 0 fully saturated rings. The molecule has 0 aliphatic carbocycles. The number of rotatable bonds is 4. The normalized spacial score (nSPS) is 13.5. The van der Waals surface area contributed by atoms with Crippen molar-refractivity contribution < 1.29 is 9.47 Å². The van der Waals surface area contributed by atoms with E-state index in [0.29, 0.717) is 13.2 Å². The number of aromatic nitrogens is 2. The van der Waals surface area contributed by atoms with Gasteiger partial charge in [-0.25, -0.2) is 4.98 Å². The van der Waals surface area contributed by atoms with Crippen LogP contribution >= 0.6 is 23.1 Å². The van der Waals surface area contributed by atoms with Crippen molar-refractivity contribution in [2.75, 3.05) is 13.2 Å². The van der Waals surface area contributed by atoms with Crippen molar-refractivity contribution in [3.05, 3.63) is 53.7 Å². The molecule has 6 heteroatoms. The van der Waals surface area contributed by atoms with Crippen LogP contribution in [0.5, 0.6) is 11.5 Å². The lowest BCUT2D eigenvalue weighted by Gasteiger charge is -2.08. The summed E-state index contributed by atoms with van der Waals surface area (Å²) in [6, 6.07) is 12.0. The summed E-state index contributed by atoms with van der Waals surface area (Å²) in [5.74, 6) is 2.50. The molecule has 1 aromatic carbocycles. The summed E-state index contributed by atoms with van der Waals surface area (Å²) < 4.78 is 11.4. The number of hydrogen-bond acceptors (Lipinski definition) is 6. The molecule has 4 nitrogen and oxygen atoms in total. The van der Waals surface area contributed by atoms with Crippen LogP contribution in [0.4, 0.5) is 0 Å². The van der Waals surface area contributed by atoms with Gasteiger partial charge in [-0.2, -0.15) is 0 Å². The summed E-state index contributed by atoms with van der Waals surface area (Å²) in [6.07, 6.45) is 2.72. The van der Waals surface area contributed by atoms with Crippen LogP contribution in [0.15, 0.2) is 52.9 Å². The van der Waals surface area contributed by atoms with Gasteiger partial charge in [-0.05, 0) is 30.3 Å². The van der Waals surface area contributed by atoms with Crippen molar-refractivity contribution in [3.8, 4) is 22.2 Å². The number of nitrogens with zero attached hydrogens (tertiary/aromatic N) is 2. The lowest BCUT2D eigenvalue weighted by atomic mass is 10.3. The van der Waals surface area contributed by atoms with E-state index in [1.54, 1.807) is 29.3 Å². The van der Waals surface area contributed by atoms with Gasteiger partial charge in [0.25, 0.3) is 0 Å². The minimum Gasteiger partial charge on any atom is -0.490 e. The zero-order valence-corrected chi connectivity index (χ0v) is 14.6. The maximum Gasteiger partial charge on any atom is 0.162 e. The number of benzene rings is 1. The van der Waals surface area contributed by atoms with Gasteiger partial charge in [0.15, 0.2) is 11.5 Å². The first-order chi connectivity index (χ1) is 11.9. The van der Waals surface area contributed by atoms with Gasteiger partial charge in [0.1, 0.15) is 5.01 Å². The Morgan fingerprint density at radius 3 is 2.88 bits per heavy atom. The molecular weight excluding hydrogens is 340 g/mol. The zero-order valence-electron chi connectivity index (χ0n) is 13.0. The van der Waals surface area contributed by atoms with E-state index in [9.17, 15) is 0 Å². The fourth-order valence-electron chi connectivity index (χ4n) is 2.37. The van der Waals surface area contributed by atoms with E-state index in [-0.39, 0.29) is 0 Å². The number of thioether (sulfide) groups is 1. The van der Waals surface area contributed by atoms with E-state index in [4.69, 9.17) is 9.47 Å². The Morgan fingerprint density at radius 1 is 1.08 bits per heavy atom. The lowest BCUT2D eigenvalue weighted by molar-refractivity contribution is 0.297. The topological polar surface area (TPSA) is 44.2 Å². The average molecular weight is 356 g/mol. The number of pyridine rings is 1. The Kier molecular flexibility index (Phi) is 4.66. The Hall–Kier alpha value is -2.05. The molecule has 122 valence electrons. The molecule has 0 unspecified atom stereocenters. The molecule has 0 atom stereocenters. The highest BCUT2D eigenvalue weighted by atomic mass is 32.2. The molecule has 0 radical (unpaired) electrons. The summed E-state index contributed by atoms with van der Waals surface area (Å²) >= 11 is 3.38. The van der Waals surface area contributed by atoms with Crippen molar-refractivity contribution in [1.29, 1.82) is 0 Å². The SMILES string of the molecule is c1ccc(-c2nc(CSc3ccc4c(c3)OCCCO4)cs2)nc1. The second-order valence-corrected chi connectivity index (χ2v) is 7.21. The molecule has 0 amide bonds. The second kappa shape index (κ2) is 7.23. The van der Waals surface area contributed by atoms with Crippen LogP contribution in [0, 0.1) is 0 Å². The first kappa shape index (κ1) is 15.5. The van der Waals surface area contributed by atoms with Gasteiger partial charge in [-0.15, -0.1) is 23.1 Å². The quantitative estimate of drug-likeness (QED) is 0.636. The van der Waals surface area contributed by atoms with Gasteiger partial charge in [0, 0.05) is 28.6 Å². The van der Waals surface area contributed by atoms with Gasteiger partial charge in [0.2, 0.25) is 0 Å². The predicted molar refractivity (Wildman–Crippen MR) is 97.0 cm³/mol. The van der Waals surface area contributed by atoms with Crippen molar-refractivity contribution in [3.63, 3.8) is 0 Å². The number of ether oxygens (including phenoxy) is 2. The lowest BCUT2D eigenvalue weighted by Crippen LogP contribution is -1.97. The highest BCUT2D eigenvalue weighted by molar-refractivity contribution is 7.98. The standard InChI is InChI=1S/C18H16N2O2S2/c1-2-7-19-15(4-1)18-20-13(12-24-18)11-23-14-5-6-16-17(10-14)22-9-3-8-21-16/h1-2,4-7,10,12H,3,8-9,11H2. The van der Waals surface area contributed by atoms with Crippen LogP contribution in [0.25, 0.3) is 10.7 Å². The Bertz CT molecular complexity index is 821. The second-order valence-electron chi connectivity index (χ2n) is 5.31. The van der Waals surface area contributed by atoms with E-state index in [2.05, 4.69) is 27.5 Å². The van der Waals surface area contributed by atoms with Crippen LogP contribution in [-0.2, 0) is 5.75 Å². The largest absolute Gasteiger partial charge is 0.490 e. The third-order valence-electron chi connectivity index (χ3n) is 3.54. The maximum atomic E-state index is 5.74. The number of fused-ring (bicyclic) bond motifs is 1. The van der Waals surface area contributed by atoms with Gasteiger partial charge in [-0.1, -0.05) is 6.07 Å². The minimum absolute atomic E-state index is 0.709. The summed E-state index contributed by atoms with van der Waals surface area (Å²) in [5, 5.41) is 3.06. The van der Waals surface area contributed by atoms with Gasteiger partial charge < -0.3 is 9.47 Å². The molecule has 1 aliphatic rings. The number of hydrogen-bond donors (Lipinski definition) is 0. The van der Waals surface area contributed by atoms with E-state index in [0.717, 1.165) is 45.0 Å². The van der Waals surface area contributed by atoms with Crippen molar-refractivity contribution in [2.45, 2.75) is 17.1 Å². The molecule has 4 rings (SSSR count). The van der Waals surface area contributed by atoms with Crippen LogP contribution in [0.1, 0.15) is 12.1 Å². The molecule has 1 aliphatic heterocycles. The molecule has 0 N–H and O–H groups in total. The molecule has 3 aromatic rings. The molecule has 3 heterocycles. The molecular formula is C18H16N2O2S2. The minimum atomic E-state index is 0.709.